The molecule has 8 heteroatoms. The Morgan fingerprint density at radius 2 is 2.03 bits per heavy atom. The van der Waals surface area contributed by atoms with Gasteiger partial charge in [0.1, 0.15) is 24.0 Å². The molecular weight excluding hydrogens is 418 g/mol. The fraction of sp³-hybridized carbons (Fsp3) is 0.522. The molecule has 1 aliphatic heterocycles. The molecule has 0 spiro atoms. The molecule has 2 heterocycles. The van der Waals surface area contributed by atoms with Crippen molar-refractivity contribution in [3.05, 3.63) is 46.2 Å². The topological polar surface area (TPSA) is 94.8 Å². The Morgan fingerprint density at radius 1 is 1.29 bits per heavy atom. The summed E-state index contributed by atoms with van der Waals surface area (Å²) in [4.78, 5) is 39.0. The number of allylic oxidation sites excluding steroid dienone is 3. The van der Waals surface area contributed by atoms with Crippen LogP contribution in [0.3, 0.4) is 0 Å². The molecule has 0 saturated carbocycles. The average molecular weight is 448 g/mol. The number of esters is 2. The van der Waals surface area contributed by atoms with Crippen LogP contribution in [0, 0.1) is 18.8 Å². The zero-order chi connectivity index (χ0) is 22.7. The zero-order valence-electron chi connectivity index (χ0n) is 18.6. The molecule has 0 saturated heterocycles. The number of ether oxygens (including phenoxy) is 2. The SMILES string of the molecule is CCSCCOC(=O)C1=C(C)NC2=C(C(=O)[C@H](C(=O)OC)[C@H](C)C2)[C@@H]1c1ccc(C)o1. The van der Waals surface area contributed by atoms with Crippen molar-refractivity contribution >= 4 is 29.5 Å². The number of aryl methyl sites for hydroxylation is 1. The maximum atomic E-state index is 13.5. The van der Waals surface area contributed by atoms with Crippen molar-refractivity contribution in [2.75, 3.05) is 25.2 Å². The third kappa shape index (κ3) is 4.59. The second-order valence-electron chi connectivity index (χ2n) is 7.82. The van der Waals surface area contributed by atoms with Gasteiger partial charge in [0, 0.05) is 22.7 Å². The second-order valence-corrected chi connectivity index (χ2v) is 9.21. The fourth-order valence-corrected chi connectivity index (χ4v) is 4.75. The first-order valence-electron chi connectivity index (χ1n) is 10.4. The summed E-state index contributed by atoms with van der Waals surface area (Å²) in [6, 6.07) is 3.56. The van der Waals surface area contributed by atoms with E-state index in [1.54, 1.807) is 37.7 Å². The Bertz CT molecular complexity index is 944. The summed E-state index contributed by atoms with van der Waals surface area (Å²) < 4.78 is 16.3. The van der Waals surface area contributed by atoms with Crippen molar-refractivity contribution in [1.29, 1.82) is 0 Å². The lowest BCUT2D eigenvalue weighted by Gasteiger charge is -2.37. The minimum absolute atomic E-state index is 0.224. The minimum atomic E-state index is -0.916. The van der Waals surface area contributed by atoms with Gasteiger partial charge in [0.15, 0.2) is 5.78 Å². The summed E-state index contributed by atoms with van der Waals surface area (Å²) in [6.07, 6.45) is 0.490. The van der Waals surface area contributed by atoms with E-state index in [2.05, 4.69) is 5.32 Å². The zero-order valence-corrected chi connectivity index (χ0v) is 19.4. The summed E-state index contributed by atoms with van der Waals surface area (Å²) in [5, 5.41) is 3.23. The van der Waals surface area contributed by atoms with Crippen LogP contribution < -0.4 is 5.32 Å². The molecule has 1 aliphatic carbocycles. The molecule has 0 unspecified atom stereocenters. The lowest BCUT2D eigenvalue weighted by atomic mass is 9.70. The molecule has 1 N–H and O–H groups in total. The monoisotopic (exact) mass is 447 g/mol. The Labute approximate surface area is 186 Å². The normalized spacial score (nSPS) is 23.4. The highest BCUT2D eigenvalue weighted by atomic mass is 32.2. The molecular formula is C23H29NO6S. The second kappa shape index (κ2) is 9.77. The maximum Gasteiger partial charge on any atom is 0.336 e. The van der Waals surface area contributed by atoms with Gasteiger partial charge in [0.25, 0.3) is 0 Å². The van der Waals surface area contributed by atoms with Crippen LogP contribution in [-0.2, 0) is 23.9 Å². The van der Waals surface area contributed by atoms with Crippen LogP contribution >= 0.6 is 11.8 Å². The summed E-state index contributed by atoms with van der Waals surface area (Å²) in [5.41, 5.74) is 2.05. The molecule has 31 heavy (non-hydrogen) atoms. The molecule has 168 valence electrons. The van der Waals surface area contributed by atoms with E-state index in [0.717, 1.165) is 5.75 Å². The number of thioether (sulfide) groups is 1. The van der Waals surface area contributed by atoms with E-state index in [0.29, 0.717) is 46.2 Å². The van der Waals surface area contributed by atoms with Gasteiger partial charge >= 0.3 is 11.9 Å². The summed E-state index contributed by atoms with van der Waals surface area (Å²) in [6.45, 7) is 7.77. The van der Waals surface area contributed by atoms with Crippen molar-refractivity contribution in [3.8, 4) is 0 Å². The standard InChI is InChI=1S/C23H29NO6S/c1-6-31-10-9-29-23(27)18-14(4)24-15-11-12(2)17(22(26)28-5)21(25)19(15)20(18)16-8-7-13(3)30-16/h7-8,12,17,20,24H,6,9-11H2,1-5H3/t12-,17-,20-/m1/s1. The third-order valence-corrected chi connectivity index (χ3v) is 6.54. The predicted molar refractivity (Wildman–Crippen MR) is 117 cm³/mol. The van der Waals surface area contributed by atoms with Crippen LogP contribution in [0.5, 0.6) is 0 Å². The predicted octanol–water partition coefficient (Wildman–Crippen LogP) is 3.50. The first-order chi connectivity index (χ1) is 14.8. The van der Waals surface area contributed by atoms with Gasteiger partial charge in [-0.05, 0) is 44.1 Å². The highest BCUT2D eigenvalue weighted by Gasteiger charge is 2.48. The number of carbonyl (C=O) groups excluding carboxylic acids is 3. The number of hydrogen-bond donors (Lipinski definition) is 1. The highest BCUT2D eigenvalue weighted by Crippen LogP contribution is 2.45. The molecule has 0 fully saturated rings. The quantitative estimate of drug-likeness (QED) is 0.386. The number of nitrogens with one attached hydrogen (secondary N) is 1. The molecule has 0 radical (unpaired) electrons. The van der Waals surface area contributed by atoms with Crippen molar-refractivity contribution in [2.24, 2.45) is 11.8 Å². The van der Waals surface area contributed by atoms with Gasteiger partial charge in [-0.25, -0.2) is 4.79 Å². The van der Waals surface area contributed by atoms with Crippen LogP contribution in [0.25, 0.3) is 0 Å². The first kappa shape index (κ1) is 23.2. The molecule has 2 aliphatic rings. The first-order valence-corrected chi connectivity index (χ1v) is 11.6. The number of furan rings is 1. The van der Waals surface area contributed by atoms with Crippen LogP contribution in [0.15, 0.2) is 39.1 Å². The number of carbonyl (C=O) groups is 3. The Hall–Kier alpha value is -2.48. The van der Waals surface area contributed by atoms with Gasteiger partial charge < -0.3 is 19.2 Å². The number of methoxy groups -OCH3 is 1. The van der Waals surface area contributed by atoms with Crippen molar-refractivity contribution in [3.63, 3.8) is 0 Å². The molecule has 1 aromatic rings. The van der Waals surface area contributed by atoms with Crippen LogP contribution in [-0.4, -0.2) is 42.9 Å². The van der Waals surface area contributed by atoms with E-state index in [-0.39, 0.29) is 18.3 Å². The molecule has 3 rings (SSSR count). The van der Waals surface area contributed by atoms with Gasteiger partial charge in [0.05, 0.1) is 18.6 Å². The van der Waals surface area contributed by atoms with Crippen molar-refractivity contribution in [1.82, 2.24) is 5.32 Å². The van der Waals surface area contributed by atoms with E-state index in [4.69, 9.17) is 13.9 Å². The average Bonchev–Trinajstić information content (AvgIpc) is 3.15. The summed E-state index contributed by atoms with van der Waals surface area (Å²) >= 11 is 1.68. The largest absolute Gasteiger partial charge is 0.468 e. The highest BCUT2D eigenvalue weighted by molar-refractivity contribution is 7.99. The van der Waals surface area contributed by atoms with Gasteiger partial charge in [-0.3, -0.25) is 9.59 Å². The van der Waals surface area contributed by atoms with Gasteiger partial charge in [-0.2, -0.15) is 11.8 Å². The Morgan fingerprint density at radius 3 is 2.65 bits per heavy atom. The summed E-state index contributed by atoms with van der Waals surface area (Å²) in [7, 11) is 1.28. The fourth-order valence-electron chi connectivity index (χ4n) is 4.26. The minimum Gasteiger partial charge on any atom is -0.468 e. The molecule has 0 aromatic carbocycles. The van der Waals surface area contributed by atoms with Gasteiger partial charge in [-0.1, -0.05) is 13.8 Å². The lowest BCUT2D eigenvalue weighted by Crippen LogP contribution is -2.43. The Balaban J connectivity index is 2.03. The van der Waals surface area contributed by atoms with Crippen LogP contribution in [0.4, 0.5) is 0 Å². The van der Waals surface area contributed by atoms with E-state index in [1.165, 1.54) is 7.11 Å². The summed E-state index contributed by atoms with van der Waals surface area (Å²) in [5.74, 6) is -0.491. The van der Waals surface area contributed by atoms with Crippen LogP contribution in [0.2, 0.25) is 0 Å². The maximum absolute atomic E-state index is 13.5. The smallest absolute Gasteiger partial charge is 0.336 e. The molecule has 3 atom stereocenters. The molecule has 0 amide bonds. The van der Waals surface area contributed by atoms with Crippen LogP contribution in [0.1, 0.15) is 44.6 Å². The van der Waals surface area contributed by atoms with E-state index in [1.807, 2.05) is 13.8 Å². The molecule has 0 bridgehead atoms. The number of Topliss-reactive ketones (excluding diaryl/α,β-unsaturated/α-hetero) is 1. The number of hydrogen-bond acceptors (Lipinski definition) is 8. The van der Waals surface area contributed by atoms with E-state index >= 15 is 0 Å². The third-order valence-electron chi connectivity index (χ3n) is 5.67. The van der Waals surface area contributed by atoms with Crippen molar-refractivity contribution in [2.45, 2.75) is 40.0 Å². The molecule has 1 aromatic heterocycles. The lowest BCUT2D eigenvalue weighted by molar-refractivity contribution is -0.151. The van der Waals surface area contributed by atoms with E-state index in [9.17, 15) is 14.4 Å². The number of dihydropyridines is 1. The van der Waals surface area contributed by atoms with Gasteiger partial charge in [-0.15, -0.1) is 0 Å². The van der Waals surface area contributed by atoms with Crippen molar-refractivity contribution < 1.29 is 28.3 Å². The number of rotatable bonds is 7. The van der Waals surface area contributed by atoms with Gasteiger partial charge in [0.2, 0.25) is 0 Å². The molecule has 7 nitrogen and oxygen atoms in total. The Kier molecular flexibility index (Phi) is 7.30. The van der Waals surface area contributed by atoms with E-state index < -0.39 is 23.8 Å². The number of ketones is 1.